The van der Waals surface area contributed by atoms with Gasteiger partial charge in [-0.1, -0.05) is 12.1 Å². The van der Waals surface area contributed by atoms with E-state index in [0.717, 1.165) is 59.7 Å². The Bertz CT molecular complexity index is 1170. The molecule has 1 unspecified atom stereocenters. The average Bonchev–Trinajstić information content (AvgIpc) is 3.28. The number of thiazole rings is 1. The molecule has 0 saturated carbocycles. The fourth-order valence-corrected chi connectivity index (χ4v) is 5.67. The summed E-state index contributed by atoms with van der Waals surface area (Å²) in [7, 11) is 2.07. The van der Waals surface area contributed by atoms with Crippen LogP contribution in [0.1, 0.15) is 67.2 Å². The summed E-state index contributed by atoms with van der Waals surface area (Å²) < 4.78 is 46.8. The Labute approximate surface area is 220 Å². The monoisotopic (exact) mass is 535 g/mol. The number of nitrogens with two attached hydrogens (primary N) is 1. The third-order valence-corrected chi connectivity index (χ3v) is 7.74. The van der Waals surface area contributed by atoms with Crippen LogP contribution >= 0.6 is 24.0 Å². The van der Waals surface area contributed by atoms with E-state index in [2.05, 4.69) is 29.6 Å². The van der Waals surface area contributed by atoms with Gasteiger partial charge in [-0.3, -0.25) is 0 Å². The van der Waals surface area contributed by atoms with E-state index in [0.29, 0.717) is 5.13 Å². The molecule has 5 rings (SSSR count). The van der Waals surface area contributed by atoms with Gasteiger partial charge in [0.05, 0.1) is 5.56 Å². The first-order valence-corrected chi connectivity index (χ1v) is 13.3. The highest BCUT2D eigenvalue weighted by Crippen LogP contribution is 2.48. The van der Waals surface area contributed by atoms with Crippen molar-refractivity contribution < 1.29 is 17.9 Å². The van der Waals surface area contributed by atoms with Crippen LogP contribution in [0.2, 0.25) is 0 Å². The van der Waals surface area contributed by atoms with Gasteiger partial charge >= 0.3 is 6.18 Å². The number of fused-ring (bicyclic) bond motifs is 1. The second-order valence-electron chi connectivity index (χ2n) is 10.1. The van der Waals surface area contributed by atoms with Crippen LogP contribution in [0.25, 0.3) is 0 Å². The Balaban J connectivity index is 0.000000445. The lowest BCUT2D eigenvalue weighted by molar-refractivity contribution is -0.137. The maximum Gasteiger partial charge on any atom is 0.416 e. The summed E-state index contributed by atoms with van der Waals surface area (Å²) in [6.07, 6.45) is -0.191. The highest BCUT2D eigenvalue weighted by molar-refractivity contribution is 7.80. The average molecular weight is 536 g/mol. The lowest BCUT2D eigenvalue weighted by atomic mass is 9.75. The molecular formula is C27H32F3N3OS2. The normalized spacial score (nSPS) is 20.1. The fourth-order valence-electron chi connectivity index (χ4n) is 5.09. The number of thiol groups is 1. The van der Waals surface area contributed by atoms with Crippen molar-refractivity contribution in [3.63, 3.8) is 0 Å². The van der Waals surface area contributed by atoms with Gasteiger partial charge in [0.2, 0.25) is 0 Å². The molecule has 4 nitrogen and oxygen atoms in total. The van der Waals surface area contributed by atoms with Crippen molar-refractivity contribution in [1.29, 1.82) is 0 Å². The van der Waals surface area contributed by atoms with Crippen molar-refractivity contribution in [2.24, 2.45) is 0 Å². The zero-order valence-electron chi connectivity index (χ0n) is 20.7. The fraction of sp³-hybridized carbons (Fsp3) is 0.444. The summed E-state index contributed by atoms with van der Waals surface area (Å²) in [5, 5.41) is 2.48. The number of aromatic nitrogens is 1. The van der Waals surface area contributed by atoms with Crippen molar-refractivity contribution in [2.45, 2.75) is 61.6 Å². The number of nitrogens with zero attached hydrogens (tertiary/aromatic N) is 2. The molecule has 0 amide bonds. The first-order chi connectivity index (χ1) is 16.9. The van der Waals surface area contributed by atoms with E-state index in [9.17, 15) is 13.2 Å². The summed E-state index contributed by atoms with van der Waals surface area (Å²) >= 11 is 5.88. The number of alkyl halides is 3. The predicted octanol–water partition coefficient (Wildman–Crippen LogP) is 7.22. The highest BCUT2D eigenvalue weighted by atomic mass is 32.1. The minimum absolute atomic E-state index is 0.00498. The summed E-state index contributed by atoms with van der Waals surface area (Å²) in [6.45, 7) is 5.87. The highest BCUT2D eigenvalue weighted by Gasteiger charge is 2.38. The largest absolute Gasteiger partial charge is 0.487 e. The Hall–Kier alpha value is -2.23. The standard InChI is InChI=1S/C24H28F3NOS.C3H4N2S/c1-23(2)14-21(19-7-5-17(30)13-22(19)29-23)18-6-4-16(24(25,26)27)12-20(18)15-8-10-28(3)11-9-15;4-3-5-1-2-6-3/h4-7,12-13,15,21,30H,8-11,14H2,1-3H3;1-2H,(H2,4,5). The van der Waals surface area contributed by atoms with E-state index in [1.165, 1.54) is 23.5 Å². The smallest absolute Gasteiger partial charge is 0.416 e. The Kier molecular flexibility index (Phi) is 7.92. The molecule has 2 aromatic carbocycles. The molecule has 194 valence electrons. The van der Waals surface area contributed by atoms with Gasteiger partial charge in [0.15, 0.2) is 5.13 Å². The second-order valence-corrected chi connectivity index (χ2v) is 11.6. The minimum Gasteiger partial charge on any atom is -0.487 e. The van der Waals surface area contributed by atoms with Crippen molar-refractivity contribution in [3.05, 3.63) is 70.2 Å². The van der Waals surface area contributed by atoms with Crippen molar-refractivity contribution >= 4 is 29.1 Å². The number of benzene rings is 2. The molecule has 0 radical (unpaired) electrons. The third-order valence-electron chi connectivity index (χ3n) is 6.85. The van der Waals surface area contributed by atoms with Gasteiger partial charge in [-0.05, 0) is 94.6 Å². The van der Waals surface area contributed by atoms with Gasteiger partial charge < -0.3 is 15.4 Å². The van der Waals surface area contributed by atoms with Crippen molar-refractivity contribution in [2.75, 3.05) is 25.9 Å². The van der Waals surface area contributed by atoms with Gasteiger partial charge in [0, 0.05) is 28.0 Å². The zero-order valence-corrected chi connectivity index (χ0v) is 22.4. The Morgan fingerprint density at radius 1 is 1.08 bits per heavy atom. The van der Waals surface area contributed by atoms with E-state index >= 15 is 0 Å². The number of likely N-dealkylation sites (tertiary alicyclic amines) is 1. The summed E-state index contributed by atoms with van der Waals surface area (Å²) in [5.74, 6) is 0.907. The topological polar surface area (TPSA) is 51.4 Å². The number of hydrogen-bond acceptors (Lipinski definition) is 6. The molecular weight excluding hydrogens is 503 g/mol. The number of halogens is 3. The SMILES string of the molecule is CN1CCC(c2cc(C(F)(F)F)ccc2C2CC(C)(C)Oc3cc(S)ccc32)CC1.Nc1nccs1. The van der Waals surface area contributed by atoms with Crippen LogP contribution in [-0.2, 0) is 6.18 Å². The molecule has 1 atom stereocenters. The lowest BCUT2D eigenvalue weighted by Gasteiger charge is -2.40. The van der Waals surface area contributed by atoms with E-state index in [1.807, 2.05) is 37.4 Å². The number of nitrogen functional groups attached to an aromatic ring is 1. The molecule has 0 bridgehead atoms. The summed E-state index contributed by atoms with van der Waals surface area (Å²) in [4.78, 5) is 6.77. The van der Waals surface area contributed by atoms with Gasteiger partial charge in [-0.15, -0.1) is 24.0 Å². The molecule has 1 aromatic heterocycles. The molecule has 0 spiro atoms. The molecule has 36 heavy (non-hydrogen) atoms. The van der Waals surface area contributed by atoms with Crippen molar-refractivity contribution in [3.8, 4) is 5.75 Å². The van der Waals surface area contributed by atoms with Crippen LogP contribution in [0.4, 0.5) is 18.3 Å². The van der Waals surface area contributed by atoms with Gasteiger partial charge in [-0.2, -0.15) is 13.2 Å². The molecule has 0 aliphatic carbocycles. The molecule has 9 heteroatoms. The molecule has 2 aliphatic heterocycles. The van der Waals surface area contributed by atoms with Crippen LogP contribution in [0.3, 0.4) is 0 Å². The lowest BCUT2D eigenvalue weighted by Crippen LogP contribution is -2.36. The molecule has 1 saturated heterocycles. The van der Waals surface area contributed by atoms with E-state index in [1.54, 1.807) is 12.3 Å². The van der Waals surface area contributed by atoms with Gasteiger partial charge in [0.1, 0.15) is 11.4 Å². The maximum atomic E-state index is 13.5. The van der Waals surface area contributed by atoms with E-state index in [-0.39, 0.29) is 11.8 Å². The van der Waals surface area contributed by atoms with E-state index < -0.39 is 17.3 Å². The van der Waals surface area contributed by atoms with Gasteiger partial charge in [0.25, 0.3) is 0 Å². The third kappa shape index (κ3) is 6.36. The van der Waals surface area contributed by atoms with Crippen LogP contribution in [0.5, 0.6) is 5.75 Å². The minimum atomic E-state index is -4.34. The molecule has 2 aliphatic rings. The van der Waals surface area contributed by atoms with Crippen molar-refractivity contribution in [1.82, 2.24) is 9.88 Å². The maximum absolute atomic E-state index is 13.5. The van der Waals surface area contributed by atoms with Crippen LogP contribution in [0.15, 0.2) is 52.9 Å². The quantitative estimate of drug-likeness (QED) is 0.340. The summed E-state index contributed by atoms with van der Waals surface area (Å²) in [6, 6.07) is 10.2. The number of rotatable bonds is 2. The first-order valence-electron chi connectivity index (χ1n) is 12.0. The number of piperidine rings is 1. The molecule has 1 fully saturated rings. The Morgan fingerprint density at radius 2 is 1.78 bits per heavy atom. The van der Waals surface area contributed by atoms with Crippen LogP contribution in [-0.4, -0.2) is 35.6 Å². The second kappa shape index (κ2) is 10.6. The molecule has 3 heterocycles. The number of ether oxygens (including phenoxy) is 1. The van der Waals surface area contributed by atoms with E-state index in [4.69, 9.17) is 10.5 Å². The predicted molar refractivity (Wildman–Crippen MR) is 142 cm³/mol. The Morgan fingerprint density at radius 3 is 2.36 bits per heavy atom. The molecule has 2 N–H and O–H groups in total. The first kappa shape index (κ1) is 26.8. The number of anilines is 1. The molecule has 3 aromatic rings. The number of hydrogen-bond donors (Lipinski definition) is 2. The summed E-state index contributed by atoms with van der Waals surface area (Å²) in [5.41, 5.74) is 7.10. The zero-order chi connectivity index (χ0) is 26.1. The van der Waals surface area contributed by atoms with Crippen LogP contribution < -0.4 is 10.5 Å². The van der Waals surface area contributed by atoms with Gasteiger partial charge in [-0.25, -0.2) is 4.98 Å². The van der Waals surface area contributed by atoms with Crippen LogP contribution in [0, 0.1) is 0 Å².